The van der Waals surface area contributed by atoms with Crippen molar-refractivity contribution in [3.63, 3.8) is 0 Å². The monoisotopic (exact) mass is 719 g/mol. The summed E-state index contributed by atoms with van der Waals surface area (Å²) in [7, 11) is 0. The minimum absolute atomic E-state index is 0.470. The molecule has 0 aromatic heterocycles. The van der Waals surface area contributed by atoms with Gasteiger partial charge in [-0.1, -0.05) is 166 Å². The normalized spacial score (nSPS) is 14.5. The molecule has 0 aliphatic heterocycles. The Hall–Kier alpha value is -1.78. The van der Waals surface area contributed by atoms with Crippen LogP contribution in [-0.4, -0.2) is 33.0 Å². The van der Waals surface area contributed by atoms with E-state index in [0.717, 1.165) is 50.0 Å². The van der Waals surface area contributed by atoms with Crippen LogP contribution in [0.25, 0.3) is 0 Å². The van der Waals surface area contributed by atoms with Crippen LogP contribution in [0.1, 0.15) is 198 Å². The van der Waals surface area contributed by atoms with E-state index in [-0.39, 0.29) is 0 Å². The van der Waals surface area contributed by atoms with E-state index in [1.807, 2.05) is 0 Å². The molecule has 0 aliphatic rings. The molecule has 5 unspecified atom stereocenters. The smallest absolute Gasteiger partial charge is 0.211 e. The summed E-state index contributed by atoms with van der Waals surface area (Å²) in [5, 5.41) is 0. The number of hydrogen-bond acceptors (Lipinski definition) is 5. The summed E-state index contributed by atoms with van der Waals surface area (Å²) in [6.45, 7) is 26.0. The van der Waals surface area contributed by atoms with Gasteiger partial charge in [0, 0.05) is 6.07 Å². The molecule has 0 amide bonds. The Morgan fingerprint density at radius 1 is 0.333 bits per heavy atom. The summed E-state index contributed by atoms with van der Waals surface area (Å²) in [5.74, 6) is 6.03. The average molecular weight is 719 g/mol. The van der Waals surface area contributed by atoms with Crippen LogP contribution in [0.5, 0.6) is 28.7 Å². The SMILES string of the molecule is CCCCC(CC)COc1cc(OCC(CC)CCCC)c(OCC(CC)CCCC)c(OCC(CC)CCCC)c1OCC(CC)CCCC. The van der Waals surface area contributed by atoms with E-state index in [9.17, 15) is 0 Å². The summed E-state index contributed by atoms with van der Waals surface area (Å²) >= 11 is 0. The minimum Gasteiger partial charge on any atom is -0.489 e. The number of unbranched alkanes of at least 4 members (excludes halogenated alkanes) is 5. The predicted molar refractivity (Wildman–Crippen MR) is 220 cm³/mol. The molecule has 300 valence electrons. The molecule has 0 aliphatic carbocycles. The highest BCUT2D eigenvalue weighted by Crippen LogP contribution is 2.52. The summed E-state index contributed by atoms with van der Waals surface area (Å²) in [4.78, 5) is 0. The van der Waals surface area contributed by atoms with Crippen LogP contribution in [0.15, 0.2) is 6.07 Å². The Balaban J connectivity index is 3.88. The molecular weight excluding hydrogens is 633 g/mol. The van der Waals surface area contributed by atoms with E-state index in [1.165, 1.54) is 89.9 Å². The van der Waals surface area contributed by atoms with Crippen molar-refractivity contribution in [2.75, 3.05) is 33.0 Å². The van der Waals surface area contributed by atoms with E-state index in [4.69, 9.17) is 23.7 Å². The van der Waals surface area contributed by atoms with Gasteiger partial charge in [0.15, 0.2) is 11.5 Å². The van der Waals surface area contributed by atoms with Gasteiger partial charge in [-0.15, -0.1) is 0 Å². The Bertz CT molecular complexity index is 886. The van der Waals surface area contributed by atoms with E-state index in [2.05, 4.69) is 75.3 Å². The van der Waals surface area contributed by atoms with E-state index < -0.39 is 0 Å². The first-order valence-electron chi connectivity index (χ1n) is 22.2. The van der Waals surface area contributed by atoms with E-state index >= 15 is 0 Å². The van der Waals surface area contributed by atoms with Gasteiger partial charge in [0.25, 0.3) is 0 Å². The standard InChI is InChI=1S/C46H86O5/c1-11-21-26-37(16-6)32-47-42-31-43(48-33-38(17-7)27-22-12-2)45(50-35-40(19-9)29-24-14-4)46(51-36-41(20-10)30-25-15-5)44(42)49-34-39(18-8)28-23-13-3/h31,37-41H,11-30,32-36H2,1-10H3. The van der Waals surface area contributed by atoms with E-state index in [0.29, 0.717) is 79.9 Å². The van der Waals surface area contributed by atoms with Crippen molar-refractivity contribution in [1.82, 2.24) is 0 Å². The van der Waals surface area contributed by atoms with Crippen LogP contribution in [0.2, 0.25) is 0 Å². The van der Waals surface area contributed by atoms with Crippen molar-refractivity contribution >= 4 is 0 Å². The molecule has 0 spiro atoms. The topological polar surface area (TPSA) is 46.2 Å². The third-order valence-electron chi connectivity index (χ3n) is 11.2. The van der Waals surface area contributed by atoms with Crippen LogP contribution >= 0.6 is 0 Å². The second kappa shape index (κ2) is 30.7. The van der Waals surface area contributed by atoms with Crippen molar-refractivity contribution in [1.29, 1.82) is 0 Å². The molecule has 1 aromatic rings. The maximum Gasteiger partial charge on any atom is 0.211 e. The molecule has 0 heterocycles. The Kier molecular flexibility index (Phi) is 28.4. The van der Waals surface area contributed by atoms with Crippen LogP contribution in [0.3, 0.4) is 0 Å². The largest absolute Gasteiger partial charge is 0.489 e. The molecule has 51 heavy (non-hydrogen) atoms. The van der Waals surface area contributed by atoms with Gasteiger partial charge >= 0.3 is 0 Å². The molecule has 0 radical (unpaired) electrons. The van der Waals surface area contributed by atoms with Crippen molar-refractivity contribution in [3.8, 4) is 28.7 Å². The molecule has 5 atom stereocenters. The summed E-state index contributed by atoms with van der Waals surface area (Å²) < 4.78 is 34.5. The van der Waals surface area contributed by atoms with Gasteiger partial charge in [-0.25, -0.2) is 0 Å². The number of ether oxygens (including phenoxy) is 5. The third kappa shape index (κ3) is 19.2. The fraction of sp³-hybridized carbons (Fsp3) is 0.870. The highest BCUT2D eigenvalue weighted by molar-refractivity contribution is 5.66. The van der Waals surface area contributed by atoms with Gasteiger partial charge in [0.1, 0.15) is 0 Å². The Labute approximate surface area is 318 Å². The van der Waals surface area contributed by atoms with Gasteiger partial charge in [-0.3, -0.25) is 0 Å². The van der Waals surface area contributed by atoms with Crippen LogP contribution < -0.4 is 23.7 Å². The Morgan fingerprint density at radius 3 is 0.804 bits per heavy atom. The van der Waals surface area contributed by atoms with Crippen molar-refractivity contribution in [2.24, 2.45) is 29.6 Å². The molecule has 0 fully saturated rings. The maximum atomic E-state index is 6.98. The molecule has 0 N–H and O–H groups in total. The zero-order valence-electron chi connectivity index (χ0n) is 35.7. The van der Waals surface area contributed by atoms with Crippen LogP contribution in [0.4, 0.5) is 0 Å². The van der Waals surface area contributed by atoms with Gasteiger partial charge in [-0.2, -0.15) is 0 Å². The highest BCUT2D eigenvalue weighted by atomic mass is 16.6. The summed E-state index contributed by atoms with van der Waals surface area (Å²) in [6, 6.07) is 2.09. The van der Waals surface area contributed by atoms with Crippen molar-refractivity contribution in [2.45, 2.75) is 198 Å². The van der Waals surface area contributed by atoms with E-state index in [1.54, 1.807) is 0 Å². The lowest BCUT2D eigenvalue weighted by Gasteiger charge is -2.27. The first-order chi connectivity index (χ1) is 24.9. The number of benzene rings is 1. The first kappa shape index (κ1) is 47.2. The van der Waals surface area contributed by atoms with Crippen molar-refractivity contribution in [3.05, 3.63) is 6.07 Å². The summed E-state index contributed by atoms with van der Waals surface area (Å²) in [5.41, 5.74) is 0. The molecule has 5 heteroatoms. The van der Waals surface area contributed by atoms with Gasteiger partial charge in [0.2, 0.25) is 17.2 Å². The zero-order valence-corrected chi connectivity index (χ0v) is 35.7. The average Bonchev–Trinajstić information content (AvgIpc) is 3.16. The predicted octanol–water partition coefficient (Wildman–Crippen LogP) is 14.7. The third-order valence-corrected chi connectivity index (χ3v) is 11.2. The Morgan fingerprint density at radius 2 is 0.569 bits per heavy atom. The molecule has 0 saturated carbocycles. The summed E-state index contributed by atoms with van der Waals surface area (Å²) in [6.07, 6.45) is 23.4. The molecule has 0 bridgehead atoms. The number of hydrogen-bond donors (Lipinski definition) is 0. The van der Waals surface area contributed by atoms with Gasteiger partial charge in [0.05, 0.1) is 33.0 Å². The van der Waals surface area contributed by atoms with Crippen molar-refractivity contribution < 1.29 is 23.7 Å². The molecule has 0 saturated heterocycles. The molecule has 1 aromatic carbocycles. The second-order valence-corrected chi connectivity index (χ2v) is 15.5. The molecular formula is C46H86O5. The lowest BCUT2D eigenvalue weighted by atomic mass is 10.00. The van der Waals surface area contributed by atoms with Crippen LogP contribution in [0, 0.1) is 29.6 Å². The first-order valence-corrected chi connectivity index (χ1v) is 22.2. The zero-order chi connectivity index (χ0) is 37.7. The maximum absolute atomic E-state index is 6.98. The quantitative estimate of drug-likeness (QED) is 0.0699. The van der Waals surface area contributed by atoms with Crippen LogP contribution in [-0.2, 0) is 0 Å². The minimum atomic E-state index is 0.470. The fourth-order valence-corrected chi connectivity index (χ4v) is 6.71. The second-order valence-electron chi connectivity index (χ2n) is 15.5. The van der Waals surface area contributed by atoms with Gasteiger partial charge < -0.3 is 23.7 Å². The molecule has 5 nitrogen and oxygen atoms in total. The lowest BCUT2D eigenvalue weighted by molar-refractivity contribution is 0.159. The van der Waals surface area contributed by atoms with Gasteiger partial charge in [-0.05, 0) is 61.7 Å². The fourth-order valence-electron chi connectivity index (χ4n) is 6.71. The highest BCUT2D eigenvalue weighted by Gasteiger charge is 2.28. The molecule has 1 rings (SSSR count). The lowest BCUT2D eigenvalue weighted by Crippen LogP contribution is -2.19. The number of rotatable bonds is 35.